The molecule has 0 fully saturated rings. The second kappa shape index (κ2) is 6.04. The highest BCUT2D eigenvalue weighted by Gasteiger charge is 2.12. The van der Waals surface area contributed by atoms with Crippen LogP contribution in [-0.4, -0.2) is 4.98 Å². The van der Waals surface area contributed by atoms with Crippen molar-refractivity contribution in [3.05, 3.63) is 63.6 Å². The number of hydrogen-bond donors (Lipinski definition) is 1. The molecule has 0 spiro atoms. The summed E-state index contributed by atoms with van der Waals surface area (Å²) in [5.74, 6) is 0. The van der Waals surface area contributed by atoms with Gasteiger partial charge < -0.3 is 5.73 Å². The van der Waals surface area contributed by atoms with E-state index in [0.29, 0.717) is 0 Å². The van der Waals surface area contributed by atoms with Crippen molar-refractivity contribution in [3.63, 3.8) is 0 Å². The Kier molecular flexibility index (Phi) is 4.15. The van der Waals surface area contributed by atoms with Gasteiger partial charge in [0.05, 0.1) is 16.3 Å². The number of halogens is 1. The number of nitrogens with two attached hydrogens (primary N) is 1. The molecule has 4 heteroatoms. The van der Waals surface area contributed by atoms with Crippen LogP contribution in [0.4, 0.5) is 0 Å². The Morgan fingerprint density at radius 2 is 1.95 bits per heavy atom. The Morgan fingerprint density at radius 3 is 2.75 bits per heavy atom. The van der Waals surface area contributed by atoms with E-state index >= 15 is 0 Å². The predicted molar refractivity (Wildman–Crippen MR) is 89.0 cm³/mol. The molecule has 0 amide bonds. The normalized spacial score (nSPS) is 12.7. The minimum Gasteiger partial charge on any atom is -0.322 e. The quantitative estimate of drug-likeness (QED) is 0.744. The molecule has 102 valence electrons. The Balaban J connectivity index is 1.73. The molecule has 2 aromatic carbocycles. The van der Waals surface area contributed by atoms with E-state index in [1.807, 2.05) is 18.2 Å². The highest BCUT2D eigenvalue weighted by Crippen LogP contribution is 2.29. The summed E-state index contributed by atoms with van der Waals surface area (Å²) in [4.78, 5) is 4.65. The van der Waals surface area contributed by atoms with Crippen molar-refractivity contribution in [1.29, 1.82) is 0 Å². The number of fused-ring (bicyclic) bond motifs is 1. The lowest BCUT2D eigenvalue weighted by Gasteiger charge is -2.07. The van der Waals surface area contributed by atoms with Crippen molar-refractivity contribution in [3.8, 4) is 0 Å². The standard InChI is InChI=1S/C16H15BrN2S/c17-12-7-9-15-14(10-12)19-16(20-15)13(18)8-6-11-4-2-1-3-5-11/h1-5,7,9-10,13H,6,8,18H2. The fourth-order valence-electron chi connectivity index (χ4n) is 2.17. The average molecular weight is 347 g/mol. The van der Waals surface area contributed by atoms with Crippen LogP contribution < -0.4 is 5.73 Å². The number of rotatable bonds is 4. The molecule has 0 saturated heterocycles. The minimum atomic E-state index is 0.00591. The Morgan fingerprint density at radius 1 is 1.15 bits per heavy atom. The van der Waals surface area contributed by atoms with Crippen LogP contribution in [0, 0.1) is 0 Å². The lowest BCUT2D eigenvalue weighted by Crippen LogP contribution is -2.10. The maximum Gasteiger partial charge on any atom is 0.111 e. The molecule has 0 aliphatic rings. The monoisotopic (exact) mass is 346 g/mol. The maximum atomic E-state index is 6.28. The van der Waals surface area contributed by atoms with Gasteiger partial charge in [-0.25, -0.2) is 4.98 Å². The zero-order chi connectivity index (χ0) is 13.9. The predicted octanol–water partition coefficient (Wildman–Crippen LogP) is 4.69. The molecule has 0 bridgehead atoms. The van der Waals surface area contributed by atoms with E-state index in [2.05, 4.69) is 51.2 Å². The molecular weight excluding hydrogens is 332 g/mol. The van der Waals surface area contributed by atoms with Crippen LogP contribution in [0.25, 0.3) is 10.2 Å². The van der Waals surface area contributed by atoms with Gasteiger partial charge in [0, 0.05) is 4.47 Å². The van der Waals surface area contributed by atoms with Gasteiger partial charge in [-0.3, -0.25) is 0 Å². The van der Waals surface area contributed by atoms with Crippen molar-refractivity contribution in [2.24, 2.45) is 5.73 Å². The van der Waals surface area contributed by atoms with E-state index in [1.165, 1.54) is 10.3 Å². The van der Waals surface area contributed by atoms with Gasteiger partial charge in [0.2, 0.25) is 0 Å². The lowest BCUT2D eigenvalue weighted by molar-refractivity contribution is 0.648. The van der Waals surface area contributed by atoms with Gasteiger partial charge in [0.15, 0.2) is 0 Å². The molecule has 3 aromatic rings. The van der Waals surface area contributed by atoms with Gasteiger partial charge in [-0.05, 0) is 36.6 Å². The number of aromatic nitrogens is 1. The summed E-state index contributed by atoms with van der Waals surface area (Å²) >= 11 is 5.17. The van der Waals surface area contributed by atoms with Gasteiger partial charge in [0.1, 0.15) is 5.01 Å². The van der Waals surface area contributed by atoms with E-state index in [1.54, 1.807) is 11.3 Å². The molecule has 2 nitrogen and oxygen atoms in total. The highest BCUT2D eigenvalue weighted by atomic mass is 79.9. The van der Waals surface area contributed by atoms with Crippen molar-refractivity contribution >= 4 is 37.5 Å². The van der Waals surface area contributed by atoms with E-state index in [9.17, 15) is 0 Å². The van der Waals surface area contributed by atoms with Gasteiger partial charge in [-0.1, -0.05) is 46.3 Å². The third-order valence-corrected chi connectivity index (χ3v) is 4.93. The summed E-state index contributed by atoms with van der Waals surface area (Å²) in [5.41, 5.74) is 8.63. The van der Waals surface area contributed by atoms with E-state index in [0.717, 1.165) is 27.8 Å². The molecule has 3 rings (SSSR count). The van der Waals surface area contributed by atoms with Gasteiger partial charge in [-0.2, -0.15) is 0 Å². The summed E-state index contributed by atoms with van der Waals surface area (Å²) < 4.78 is 2.25. The highest BCUT2D eigenvalue weighted by molar-refractivity contribution is 9.10. The molecular formula is C16H15BrN2S. The third kappa shape index (κ3) is 3.08. The van der Waals surface area contributed by atoms with E-state index in [4.69, 9.17) is 5.73 Å². The van der Waals surface area contributed by atoms with Crippen molar-refractivity contribution < 1.29 is 0 Å². The summed E-state index contributed by atoms with van der Waals surface area (Å²) in [7, 11) is 0. The largest absolute Gasteiger partial charge is 0.322 e. The molecule has 0 aliphatic carbocycles. The topological polar surface area (TPSA) is 38.9 Å². The van der Waals surface area contributed by atoms with Gasteiger partial charge >= 0.3 is 0 Å². The lowest BCUT2D eigenvalue weighted by atomic mass is 10.1. The van der Waals surface area contributed by atoms with Crippen LogP contribution in [0.5, 0.6) is 0 Å². The van der Waals surface area contributed by atoms with Crippen molar-refractivity contribution in [1.82, 2.24) is 4.98 Å². The smallest absolute Gasteiger partial charge is 0.111 e. The minimum absolute atomic E-state index is 0.00591. The van der Waals surface area contributed by atoms with Crippen LogP contribution in [0.1, 0.15) is 23.0 Å². The maximum absolute atomic E-state index is 6.28. The van der Waals surface area contributed by atoms with Crippen molar-refractivity contribution in [2.45, 2.75) is 18.9 Å². The average Bonchev–Trinajstić information content (AvgIpc) is 2.89. The Hall–Kier alpha value is -1.23. The number of hydrogen-bond acceptors (Lipinski definition) is 3. The summed E-state index contributed by atoms with van der Waals surface area (Å²) in [6.07, 6.45) is 1.91. The van der Waals surface area contributed by atoms with Crippen molar-refractivity contribution in [2.75, 3.05) is 0 Å². The van der Waals surface area contributed by atoms with Crippen LogP contribution >= 0.6 is 27.3 Å². The van der Waals surface area contributed by atoms with E-state index < -0.39 is 0 Å². The molecule has 0 aliphatic heterocycles. The summed E-state index contributed by atoms with van der Waals surface area (Å²) in [6, 6.07) is 16.6. The fourth-order valence-corrected chi connectivity index (χ4v) is 3.50. The first-order chi connectivity index (χ1) is 9.72. The van der Waals surface area contributed by atoms with Crippen LogP contribution in [0.15, 0.2) is 53.0 Å². The van der Waals surface area contributed by atoms with Crippen LogP contribution in [0.3, 0.4) is 0 Å². The van der Waals surface area contributed by atoms with Crippen LogP contribution in [-0.2, 0) is 6.42 Å². The molecule has 1 heterocycles. The molecule has 1 aromatic heterocycles. The Bertz CT molecular complexity index is 709. The Labute approximate surface area is 130 Å². The first kappa shape index (κ1) is 13.7. The SMILES string of the molecule is NC(CCc1ccccc1)c1nc2cc(Br)ccc2s1. The first-order valence-corrected chi connectivity index (χ1v) is 8.19. The second-order valence-corrected chi connectivity index (χ2v) is 6.77. The van der Waals surface area contributed by atoms with Gasteiger partial charge in [0.25, 0.3) is 0 Å². The number of aryl methyl sites for hydroxylation is 1. The third-order valence-electron chi connectivity index (χ3n) is 3.27. The first-order valence-electron chi connectivity index (χ1n) is 6.58. The molecule has 1 unspecified atom stereocenters. The molecule has 20 heavy (non-hydrogen) atoms. The van der Waals surface area contributed by atoms with Crippen LogP contribution in [0.2, 0.25) is 0 Å². The van der Waals surface area contributed by atoms with E-state index in [-0.39, 0.29) is 6.04 Å². The molecule has 0 radical (unpaired) electrons. The summed E-state index contributed by atoms with van der Waals surface area (Å²) in [6.45, 7) is 0. The fraction of sp³-hybridized carbons (Fsp3) is 0.188. The zero-order valence-electron chi connectivity index (χ0n) is 10.9. The number of thiazole rings is 1. The zero-order valence-corrected chi connectivity index (χ0v) is 13.3. The second-order valence-electron chi connectivity index (χ2n) is 4.79. The van der Waals surface area contributed by atoms with Gasteiger partial charge in [-0.15, -0.1) is 11.3 Å². The molecule has 1 atom stereocenters. The number of benzene rings is 2. The molecule has 2 N–H and O–H groups in total. The molecule has 0 saturated carbocycles. The number of nitrogens with zero attached hydrogens (tertiary/aromatic N) is 1. The summed E-state index contributed by atoms with van der Waals surface area (Å²) in [5, 5.41) is 1.02.